The van der Waals surface area contributed by atoms with Crippen LogP contribution in [0.2, 0.25) is 5.15 Å². The highest BCUT2D eigenvalue weighted by atomic mass is 35.5. The highest BCUT2D eigenvalue weighted by Gasteiger charge is 2.29. The molecule has 0 atom stereocenters. The van der Waals surface area contributed by atoms with E-state index in [0.717, 1.165) is 17.0 Å². The van der Waals surface area contributed by atoms with E-state index in [2.05, 4.69) is 15.3 Å². The average Bonchev–Trinajstić information content (AvgIpc) is 3.02. The molecule has 0 unspecified atom stereocenters. The van der Waals surface area contributed by atoms with Crippen LogP contribution in [0.5, 0.6) is 0 Å². The second-order valence-corrected chi connectivity index (χ2v) is 10.5. The van der Waals surface area contributed by atoms with Gasteiger partial charge in [-0.3, -0.25) is 0 Å². The number of hydrogen-bond donors (Lipinski definition) is 1. The first kappa shape index (κ1) is 19.3. The maximum atomic E-state index is 12.9. The zero-order valence-electron chi connectivity index (χ0n) is 15.3. The van der Waals surface area contributed by atoms with Crippen LogP contribution in [-0.2, 0) is 27.6 Å². The van der Waals surface area contributed by atoms with E-state index < -0.39 is 9.84 Å². The van der Waals surface area contributed by atoms with Gasteiger partial charge in [0.1, 0.15) is 11.0 Å². The molecule has 6 nitrogen and oxygen atoms in total. The Kier molecular flexibility index (Phi) is 4.91. The van der Waals surface area contributed by atoms with Gasteiger partial charge in [0, 0.05) is 12.5 Å². The molecule has 1 aliphatic heterocycles. The van der Waals surface area contributed by atoms with Crippen LogP contribution in [0.15, 0.2) is 52.3 Å². The van der Waals surface area contributed by atoms with E-state index >= 15 is 0 Å². The minimum atomic E-state index is -3.70. The van der Waals surface area contributed by atoms with Crippen molar-refractivity contribution in [3.8, 4) is 0 Å². The number of aromatic nitrogens is 2. The molecule has 3 heterocycles. The van der Waals surface area contributed by atoms with Crippen LogP contribution >= 0.6 is 22.9 Å². The Morgan fingerprint density at radius 1 is 1.14 bits per heavy atom. The molecule has 28 heavy (non-hydrogen) atoms. The van der Waals surface area contributed by atoms with Gasteiger partial charge in [0.2, 0.25) is 9.84 Å². The summed E-state index contributed by atoms with van der Waals surface area (Å²) in [5.74, 6) is 0.327. The van der Waals surface area contributed by atoms with Crippen molar-refractivity contribution in [2.45, 2.75) is 42.3 Å². The van der Waals surface area contributed by atoms with Crippen LogP contribution in [0, 0.1) is 0 Å². The molecule has 4 rings (SSSR count). The molecule has 0 amide bonds. The van der Waals surface area contributed by atoms with Gasteiger partial charge in [-0.2, -0.15) is 0 Å². The van der Waals surface area contributed by atoms with Gasteiger partial charge in [-0.05, 0) is 32.0 Å². The SMILES string of the molecule is CC1(C)Cc2nc(Nc3cc(S(=O)(=O)c4ccccc4)cc(Cl)n3)sc2CO1. The number of nitrogens with one attached hydrogen (secondary N) is 1. The number of thiazole rings is 1. The molecule has 1 aliphatic rings. The van der Waals surface area contributed by atoms with Gasteiger partial charge in [0.25, 0.3) is 0 Å². The zero-order chi connectivity index (χ0) is 19.9. The van der Waals surface area contributed by atoms with Crippen LogP contribution in [0.25, 0.3) is 0 Å². The van der Waals surface area contributed by atoms with Gasteiger partial charge in [0.15, 0.2) is 5.13 Å². The summed E-state index contributed by atoms with van der Waals surface area (Å²) in [4.78, 5) is 10.1. The monoisotopic (exact) mass is 435 g/mol. The Morgan fingerprint density at radius 3 is 2.64 bits per heavy atom. The standard InChI is InChI=1S/C19H18ClN3O3S2/c1-19(2)10-14-15(11-26-19)27-18(21-14)23-17-9-13(8-16(20)22-17)28(24,25)12-6-4-3-5-7-12/h3-9H,10-11H2,1-2H3,(H,21,22,23). The normalized spacial score (nSPS) is 15.8. The van der Waals surface area contributed by atoms with Crippen molar-refractivity contribution in [2.24, 2.45) is 0 Å². The first-order chi connectivity index (χ1) is 13.2. The number of hydrogen-bond acceptors (Lipinski definition) is 7. The lowest BCUT2D eigenvalue weighted by atomic mass is 10.00. The minimum Gasteiger partial charge on any atom is -0.370 e. The maximum absolute atomic E-state index is 12.9. The summed E-state index contributed by atoms with van der Waals surface area (Å²) in [5, 5.41) is 3.80. The molecular weight excluding hydrogens is 418 g/mol. The molecule has 2 aromatic heterocycles. The van der Waals surface area contributed by atoms with Crippen molar-refractivity contribution < 1.29 is 13.2 Å². The van der Waals surface area contributed by atoms with Gasteiger partial charge in [-0.25, -0.2) is 18.4 Å². The predicted octanol–water partition coefficient (Wildman–Crippen LogP) is 4.62. The van der Waals surface area contributed by atoms with Crippen LogP contribution < -0.4 is 5.32 Å². The Hall–Kier alpha value is -2.00. The topological polar surface area (TPSA) is 81.2 Å². The molecule has 0 saturated heterocycles. The zero-order valence-corrected chi connectivity index (χ0v) is 17.7. The van der Waals surface area contributed by atoms with Crippen LogP contribution in [0.3, 0.4) is 0 Å². The third-order valence-corrected chi connectivity index (χ3v) is 7.26. The van der Waals surface area contributed by atoms with Gasteiger partial charge in [-0.15, -0.1) is 0 Å². The number of benzene rings is 1. The Balaban J connectivity index is 1.65. The minimum absolute atomic E-state index is 0.0759. The maximum Gasteiger partial charge on any atom is 0.206 e. The summed E-state index contributed by atoms with van der Waals surface area (Å²) in [7, 11) is -3.70. The summed E-state index contributed by atoms with van der Waals surface area (Å²) in [6.07, 6.45) is 0.719. The fourth-order valence-corrected chi connectivity index (χ4v) is 5.43. The van der Waals surface area contributed by atoms with Gasteiger partial charge < -0.3 is 10.1 Å². The van der Waals surface area contributed by atoms with Crippen molar-refractivity contribution in [3.05, 3.63) is 58.2 Å². The van der Waals surface area contributed by atoms with Crippen molar-refractivity contribution in [3.63, 3.8) is 0 Å². The summed E-state index contributed by atoms with van der Waals surface area (Å²) in [6, 6.07) is 11.0. The van der Waals surface area contributed by atoms with E-state index in [4.69, 9.17) is 16.3 Å². The molecule has 9 heteroatoms. The summed E-state index contributed by atoms with van der Waals surface area (Å²) < 4.78 is 31.6. The third kappa shape index (κ3) is 3.91. The largest absolute Gasteiger partial charge is 0.370 e. The molecule has 0 aliphatic carbocycles. The van der Waals surface area contributed by atoms with E-state index in [1.54, 1.807) is 30.3 Å². The number of rotatable bonds is 4. The molecule has 0 saturated carbocycles. The second kappa shape index (κ2) is 7.11. The fourth-order valence-electron chi connectivity index (χ4n) is 2.94. The molecule has 1 aromatic carbocycles. The molecule has 0 fully saturated rings. The van der Waals surface area contributed by atoms with Gasteiger partial charge in [-0.1, -0.05) is 41.1 Å². The lowest BCUT2D eigenvalue weighted by molar-refractivity contribution is -0.0393. The first-order valence-corrected chi connectivity index (χ1v) is 11.3. The molecule has 0 radical (unpaired) electrons. The molecule has 3 aromatic rings. The average molecular weight is 436 g/mol. The number of anilines is 2. The summed E-state index contributed by atoms with van der Waals surface area (Å²) in [5.41, 5.74) is 0.742. The quantitative estimate of drug-likeness (QED) is 0.602. The van der Waals surface area contributed by atoms with E-state index in [1.165, 1.54) is 23.5 Å². The smallest absolute Gasteiger partial charge is 0.206 e. The van der Waals surface area contributed by atoms with E-state index in [9.17, 15) is 8.42 Å². The van der Waals surface area contributed by atoms with Crippen molar-refractivity contribution in [1.29, 1.82) is 0 Å². The fraction of sp³-hybridized carbons (Fsp3) is 0.263. The highest BCUT2D eigenvalue weighted by Crippen LogP contribution is 2.35. The molecular formula is C19H18ClN3O3S2. The number of sulfone groups is 1. The van der Waals surface area contributed by atoms with Crippen LogP contribution in [0.4, 0.5) is 10.9 Å². The van der Waals surface area contributed by atoms with Crippen LogP contribution in [0.1, 0.15) is 24.4 Å². The first-order valence-electron chi connectivity index (χ1n) is 8.60. The van der Waals surface area contributed by atoms with Gasteiger partial charge >= 0.3 is 0 Å². The Labute approximate surface area is 172 Å². The van der Waals surface area contributed by atoms with Crippen molar-refractivity contribution >= 4 is 43.7 Å². The van der Waals surface area contributed by atoms with E-state index in [-0.39, 0.29) is 20.5 Å². The summed E-state index contributed by atoms with van der Waals surface area (Å²) >= 11 is 7.56. The number of nitrogens with zero attached hydrogens (tertiary/aromatic N) is 2. The van der Waals surface area contributed by atoms with E-state index in [1.807, 2.05) is 13.8 Å². The number of halogens is 1. The Bertz CT molecular complexity index is 1130. The number of ether oxygens (including phenoxy) is 1. The van der Waals surface area contributed by atoms with Gasteiger partial charge in [0.05, 0.1) is 32.6 Å². The Morgan fingerprint density at radius 2 is 1.89 bits per heavy atom. The predicted molar refractivity (Wildman–Crippen MR) is 109 cm³/mol. The highest BCUT2D eigenvalue weighted by molar-refractivity contribution is 7.91. The van der Waals surface area contributed by atoms with Crippen molar-refractivity contribution in [2.75, 3.05) is 5.32 Å². The van der Waals surface area contributed by atoms with E-state index in [0.29, 0.717) is 17.6 Å². The molecule has 1 N–H and O–H groups in total. The van der Waals surface area contributed by atoms with Crippen LogP contribution in [-0.4, -0.2) is 24.0 Å². The summed E-state index contributed by atoms with van der Waals surface area (Å²) in [6.45, 7) is 4.57. The second-order valence-electron chi connectivity index (χ2n) is 7.07. The van der Waals surface area contributed by atoms with Crippen molar-refractivity contribution in [1.82, 2.24) is 9.97 Å². The molecule has 0 bridgehead atoms. The third-order valence-electron chi connectivity index (χ3n) is 4.33. The molecule has 146 valence electrons. The lowest BCUT2D eigenvalue weighted by Crippen LogP contribution is -2.31. The lowest BCUT2D eigenvalue weighted by Gasteiger charge is -2.28. The molecule has 0 spiro atoms. The number of pyridine rings is 1. The number of fused-ring (bicyclic) bond motifs is 1.